The molecule has 2 aromatic rings. The molecular weight excluding hydrogens is 250 g/mol. The van der Waals surface area contributed by atoms with E-state index in [1.807, 2.05) is 6.07 Å². The molecule has 0 saturated heterocycles. The molecule has 1 aromatic heterocycles. The molecule has 0 radical (unpaired) electrons. The predicted molar refractivity (Wildman–Crippen MR) is 69.1 cm³/mol. The summed E-state index contributed by atoms with van der Waals surface area (Å²) >= 11 is 5.88. The fourth-order valence-corrected chi connectivity index (χ4v) is 1.59. The fourth-order valence-electron chi connectivity index (χ4n) is 1.41. The van der Waals surface area contributed by atoms with Crippen LogP contribution in [0, 0.1) is 11.3 Å². The summed E-state index contributed by atoms with van der Waals surface area (Å²) in [6.45, 7) is 0.261. The van der Waals surface area contributed by atoms with Crippen LogP contribution in [0.15, 0.2) is 36.5 Å². The van der Waals surface area contributed by atoms with Crippen LogP contribution in [0.5, 0.6) is 5.75 Å². The zero-order chi connectivity index (χ0) is 13.0. The van der Waals surface area contributed by atoms with Crippen LogP contribution in [0.1, 0.15) is 11.3 Å². The lowest BCUT2D eigenvalue weighted by atomic mass is 10.2. The molecule has 0 aliphatic rings. The molecule has 0 atom stereocenters. The zero-order valence-corrected chi connectivity index (χ0v) is 10.2. The van der Waals surface area contributed by atoms with Crippen LogP contribution >= 0.6 is 11.6 Å². The highest BCUT2D eigenvalue weighted by Crippen LogP contribution is 2.24. The van der Waals surface area contributed by atoms with Gasteiger partial charge < -0.3 is 10.5 Å². The number of aromatic nitrogens is 1. The van der Waals surface area contributed by atoms with Gasteiger partial charge >= 0.3 is 0 Å². The Kier molecular flexibility index (Phi) is 3.66. The summed E-state index contributed by atoms with van der Waals surface area (Å²) in [4.78, 5) is 3.95. The van der Waals surface area contributed by atoms with E-state index in [2.05, 4.69) is 4.98 Å². The standard InChI is InChI=1S/C13H10ClN3O/c14-11-6-10(3-4-12(11)16)18-8-9-2-1-5-17-13(9)7-15/h1-6H,8,16H2. The van der Waals surface area contributed by atoms with E-state index >= 15 is 0 Å². The number of rotatable bonds is 3. The normalized spacial score (nSPS) is 9.78. The summed E-state index contributed by atoms with van der Waals surface area (Å²) in [6.07, 6.45) is 1.57. The van der Waals surface area contributed by atoms with Gasteiger partial charge in [-0.15, -0.1) is 0 Å². The first-order valence-corrected chi connectivity index (χ1v) is 5.60. The highest BCUT2D eigenvalue weighted by molar-refractivity contribution is 6.33. The highest BCUT2D eigenvalue weighted by Gasteiger charge is 2.04. The van der Waals surface area contributed by atoms with Gasteiger partial charge in [0.2, 0.25) is 0 Å². The maximum atomic E-state index is 8.89. The van der Waals surface area contributed by atoms with Crippen molar-refractivity contribution in [2.75, 3.05) is 5.73 Å². The van der Waals surface area contributed by atoms with Gasteiger partial charge in [0.25, 0.3) is 0 Å². The minimum atomic E-state index is 0.261. The number of nitrogens with zero attached hydrogens (tertiary/aromatic N) is 2. The van der Waals surface area contributed by atoms with Crippen molar-refractivity contribution in [1.82, 2.24) is 4.98 Å². The Hall–Kier alpha value is -2.25. The van der Waals surface area contributed by atoms with Crippen LogP contribution in [0.3, 0.4) is 0 Å². The number of nitrogens with two attached hydrogens (primary N) is 1. The van der Waals surface area contributed by atoms with Crippen LogP contribution in [-0.2, 0) is 6.61 Å². The number of hydrogen-bond acceptors (Lipinski definition) is 4. The number of pyridine rings is 1. The molecule has 1 aromatic carbocycles. The second-order valence-corrected chi connectivity index (χ2v) is 4.00. The van der Waals surface area contributed by atoms with Gasteiger partial charge in [-0.05, 0) is 18.2 Å². The topological polar surface area (TPSA) is 71.9 Å². The van der Waals surface area contributed by atoms with E-state index in [0.717, 1.165) is 5.56 Å². The molecule has 0 aliphatic heterocycles. The summed E-state index contributed by atoms with van der Waals surface area (Å²) in [5.41, 5.74) is 7.19. The molecule has 1 heterocycles. The van der Waals surface area contributed by atoms with E-state index in [0.29, 0.717) is 22.2 Å². The van der Waals surface area contributed by atoms with E-state index < -0.39 is 0 Å². The molecule has 0 amide bonds. The van der Waals surface area contributed by atoms with Gasteiger partial charge in [-0.2, -0.15) is 5.26 Å². The molecule has 0 saturated carbocycles. The first-order chi connectivity index (χ1) is 8.70. The third-order valence-electron chi connectivity index (χ3n) is 2.36. The van der Waals surface area contributed by atoms with E-state index in [1.165, 1.54) is 0 Å². The van der Waals surface area contributed by atoms with Crippen molar-refractivity contribution in [3.8, 4) is 11.8 Å². The second-order valence-electron chi connectivity index (χ2n) is 3.59. The second kappa shape index (κ2) is 5.39. The lowest BCUT2D eigenvalue weighted by Crippen LogP contribution is -2.00. The number of nitriles is 1. The monoisotopic (exact) mass is 259 g/mol. The number of halogens is 1. The molecule has 0 unspecified atom stereocenters. The van der Waals surface area contributed by atoms with Crippen LogP contribution < -0.4 is 10.5 Å². The molecule has 5 heteroatoms. The van der Waals surface area contributed by atoms with Crippen molar-refractivity contribution in [3.63, 3.8) is 0 Å². The lowest BCUT2D eigenvalue weighted by molar-refractivity contribution is 0.305. The molecule has 0 bridgehead atoms. The molecular formula is C13H10ClN3O. The molecule has 2 N–H and O–H groups in total. The van der Waals surface area contributed by atoms with E-state index in [9.17, 15) is 0 Å². The van der Waals surface area contributed by atoms with Crippen molar-refractivity contribution < 1.29 is 4.74 Å². The van der Waals surface area contributed by atoms with Crippen LogP contribution in [0.4, 0.5) is 5.69 Å². The van der Waals surface area contributed by atoms with E-state index in [4.69, 9.17) is 27.3 Å². The molecule has 18 heavy (non-hydrogen) atoms. The minimum Gasteiger partial charge on any atom is -0.489 e. The highest BCUT2D eigenvalue weighted by atomic mass is 35.5. The lowest BCUT2D eigenvalue weighted by Gasteiger charge is -2.08. The zero-order valence-electron chi connectivity index (χ0n) is 9.43. The van der Waals surface area contributed by atoms with Crippen molar-refractivity contribution in [3.05, 3.63) is 52.8 Å². The number of hydrogen-bond donors (Lipinski definition) is 1. The first kappa shape index (κ1) is 12.2. The predicted octanol–water partition coefficient (Wildman–Crippen LogP) is 2.77. The molecule has 0 spiro atoms. The largest absolute Gasteiger partial charge is 0.489 e. The summed E-state index contributed by atoms with van der Waals surface area (Å²) < 4.78 is 5.54. The third-order valence-corrected chi connectivity index (χ3v) is 2.69. The Balaban J connectivity index is 2.12. The Morgan fingerprint density at radius 1 is 1.39 bits per heavy atom. The molecule has 4 nitrogen and oxygen atoms in total. The van der Waals surface area contributed by atoms with Crippen LogP contribution in [0.25, 0.3) is 0 Å². The summed E-state index contributed by atoms with van der Waals surface area (Å²) in [6, 6.07) is 10.6. The molecule has 0 fully saturated rings. The molecule has 2 rings (SSSR count). The summed E-state index contributed by atoms with van der Waals surface area (Å²) in [7, 11) is 0. The van der Waals surface area contributed by atoms with Gasteiger partial charge in [0, 0.05) is 17.8 Å². The number of ether oxygens (including phenoxy) is 1. The Bertz CT molecular complexity index is 607. The summed E-state index contributed by atoms with van der Waals surface area (Å²) in [5, 5.41) is 9.33. The summed E-state index contributed by atoms with van der Waals surface area (Å²) in [5.74, 6) is 0.599. The van der Waals surface area contributed by atoms with Gasteiger partial charge in [-0.1, -0.05) is 17.7 Å². The average Bonchev–Trinajstić information content (AvgIpc) is 2.40. The Labute approximate surface area is 110 Å². The number of benzene rings is 1. The Morgan fingerprint density at radius 2 is 2.22 bits per heavy atom. The quantitative estimate of drug-likeness (QED) is 0.861. The third kappa shape index (κ3) is 2.70. The first-order valence-electron chi connectivity index (χ1n) is 5.22. The number of nitrogen functional groups attached to an aromatic ring is 1. The van der Waals surface area contributed by atoms with E-state index in [-0.39, 0.29) is 6.61 Å². The average molecular weight is 260 g/mol. The van der Waals surface area contributed by atoms with Gasteiger partial charge in [0.1, 0.15) is 24.1 Å². The van der Waals surface area contributed by atoms with Crippen molar-refractivity contribution in [1.29, 1.82) is 5.26 Å². The van der Waals surface area contributed by atoms with Crippen LogP contribution in [-0.4, -0.2) is 4.98 Å². The van der Waals surface area contributed by atoms with Gasteiger partial charge in [-0.3, -0.25) is 0 Å². The maximum Gasteiger partial charge on any atom is 0.147 e. The number of anilines is 1. The SMILES string of the molecule is N#Cc1ncccc1COc1ccc(N)c(Cl)c1. The van der Waals surface area contributed by atoms with E-state index in [1.54, 1.807) is 36.5 Å². The van der Waals surface area contributed by atoms with Crippen molar-refractivity contribution >= 4 is 17.3 Å². The fraction of sp³-hybridized carbons (Fsp3) is 0.0769. The Morgan fingerprint density at radius 3 is 2.94 bits per heavy atom. The molecule has 90 valence electrons. The van der Waals surface area contributed by atoms with Crippen molar-refractivity contribution in [2.24, 2.45) is 0 Å². The van der Waals surface area contributed by atoms with Crippen LogP contribution in [0.2, 0.25) is 5.02 Å². The minimum absolute atomic E-state index is 0.261. The van der Waals surface area contributed by atoms with Gasteiger partial charge in [0.15, 0.2) is 0 Å². The molecule has 0 aliphatic carbocycles. The van der Waals surface area contributed by atoms with Gasteiger partial charge in [0.05, 0.1) is 10.7 Å². The van der Waals surface area contributed by atoms with Crippen molar-refractivity contribution in [2.45, 2.75) is 6.61 Å². The smallest absolute Gasteiger partial charge is 0.147 e. The maximum absolute atomic E-state index is 8.89. The van der Waals surface area contributed by atoms with Gasteiger partial charge in [-0.25, -0.2) is 4.98 Å².